The van der Waals surface area contributed by atoms with Crippen LogP contribution in [0.25, 0.3) is 0 Å². The van der Waals surface area contributed by atoms with Crippen LogP contribution in [0.3, 0.4) is 0 Å². The Morgan fingerprint density at radius 1 is 1.29 bits per heavy atom. The van der Waals surface area contributed by atoms with E-state index in [0.29, 0.717) is 12.5 Å². The van der Waals surface area contributed by atoms with E-state index in [1.165, 1.54) is 16.8 Å². The molecule has 0 amide bonds. The van der Waals surface area contributed by atoms with Crippen molar-refractivity contribution in [2.75, 3.05) is 24.6 Å². The molecular weight excluding hydrogens is 234 g/mol. The summed E-state index contributed by atoms with van der Waals surface area (Å²) in [5.74, 6) is 0.468. The van der Waals surface area contributed by atoms with Crippen molar-refractivity contribution in [2.45, 2.75) is 26.7 Å². The molecule has 0 aliphatic carbocycles. The Hall–Kier alpha value is -0.730. The van der Waals surface area contributed by atoms with Gasteiger partial charge in [-0.1, -0.05) is 17.7 Å². The Kier molecular flexibility index (Phi) is 3.95. The van der Waals surface area contributed by atoms with E-state index in [0.717, 1.165) is 31.0 Å². The molecule has 0 aromatic heterocycles. The number of aliphatic hydroxyl groups excluding tert-OH is 1. The van der Waals surface area contributed by atoms with Crippen molar-refractivity contribution < 1.29 is 5.11 Å². The Bertz CT molecular complexity index is 374. The first kappa shape index (κ1) is 12.7. The molecule has 1 aromatic carbocycles. The highest BCUT2D eigenvalue weighted by Crippen LogP contribution is 2.33. The van der Waals surface area contributed by atoms with Crippen molar-refractivity contribution in [1.29, 1.82) is 0 Å². The molecule has 1 fully saturated rings. The highest BCUT2D eigenvalue weighted by Gasteiger charge is 2.21. The molecule has 1 N–H and O–H groups in total. The topological polar surface area (TPSA) is 23.5 Å². The van der Waals surface area contributed by atoms with E-state index in [1.54, 1.807) is 0 Å². The van der Waals surface area contributed by atoms with Crippen molar-refractivity contribution in [3.05, 3.63) is 28.3 Å². The van der Waals surface area contributed by atoms with Crippen LogP contribution in [0.4, 0.5) is 5.69 Å². The van der Waals surface area contributed by atoms with Crippen LogP contribution < -0.4 is 4.90 Å². The first-order valence-corrected chi connectivity index (χ1v) is 6.62. The first-order valence-electron chi connectivity index (χ1n) is 6.24. The smallest absolute Gasteiger partial charge is 0.0644 e. The highest BCUT2D eigenvalue weighted by atomic mass is 35.5. The molecule has 0 spiro atoms. The minimum atomic E-state index is 0.314. The predicted octanol–water partition coefficient (Wildman–Crippen LogP) is 3.17. The van der Waals surface area contributed by atoms with Crippen LogP contribution in [-0.4, -0.2) is 24.8 Å². The van der Waals surface area contributed by atoms with Gasteiger partial charge in [-0.25, -0.2) is 0 Å². The summed E-state index contributed by atoms with van der Waals surface area (Å²) in [6.45, 7) is 6.49. The molecule has 1 heterocycles. The predicted molar refractivity (Wildman–Crippen MR) is 72.9 cm³/mol. The zero-order valence-corrected chi connectivity index (χ0v) is 11.3. The zero-order chi connectivity index (χ0) is 12.4. The maximum absolute atomic E-state index is 9.15. The molecule has 2 rings (SSSR count). The van der Waals surface area contributed by atoms with Crippen LogP contribution in [-0.2, 0) is 0 Å². The van der Waals surface area contributed by atoms with E-state index in [2.05, 4.69) is 24.8 Å². The molecule has 0 atom stereocenters. The maximum Gasteiger partial charge on any atom is 0.0644 e. The lowest BCUT2D eigenvalue weighted by atomic mass is 9.96. The monoisotopic (exact) mass is 253 g/mol. The number of aliphatic hydroxyl groups is 1. The van der Waals surface area contributed by atoms with Gasteiger partial charge in [0.1, 0.15) is 0 Å². The van der Waals surface area contributed by atoms with E-state index in [-0.39, 0.29) is 0 Å². The number of hydrogen-bond donors (Lipinski definition) is 1. The molecule has 1 aliphatic rings. The largest absolute Gasteiger partial charge is 0.396 e. The van der Waals surface area contributed by atoms with Crippen LogP contribution in [0.1, 0.15) is 24.0 Å². The van der Waals surface area contributed by atoms with Gasteiger partial charge in [-0.15, -0.1) is 0 Å². The van der Waals surface area contributed by atoms with Gasteiger partial charge in [-0.05, 0) is 49.8 Å². The van der Waals surface area contributed by atoms with E-state index in [1.807, 2.05) is 6.07 Å². The van der Waals surface area contributed by atoms with Crippen molar-refractivity contribution in [1.82, 2.24) is 0 Å². The molecule has 1 saturated heterocycles. The summed E-state index contributed by atoms with van der Waals surface area (Å²) in [5.41, 5.74) is 3.63. The Labute approximate surface area is 108 Å². The van der Waals surface area contributed by atoms with Crippen molar-refractivity contribution in [2.24, 2.45) is 5.92 Å². The summed E-state index contributed by atoms with van der Waals surface area (Å²) in [6, 6.07) is 4.21. The van der Waals surface area contributed by atoms with Crippen LogP contribution >= 0.6 is 11.6 Å². The number of anilines is 1. The van der Waals surface area contributed by atoms with Gasteiger partial charge >= 0.3 is 0 Å². The SMILES string of the molecule is Cc1cc(C)c(N2CCC(CO)CC2)c(Cl)c1. The third-order valence-electron chi connectivity index (χ3n) is 3.59. The minimum Gasteiger partial charge on any atom is -0.396 e. The van der Waals surface area contributed by atoms with E-state index in [4.69, 9.17) is 16.7 Å². The average molecular weight is 254 g/mol. The van der Waals surface area contributed by atoms with Crippen LogP contribution in [0.5, 0.6) is 0 Å². The quantitative estimate of drug-likeness (QED) is 0.875. The maximum atomic E-state index is 9.15. The van der Waals surface area contributed by atoms with Gasteiger partial charge < -0.3 is 10.0 Å². The number of piperidine rings is 1. The van der Waals surface area contributed by atoms with E-state index < -0.39 is 0 Å². The summed E-state index contributed by atoms with van der Waals surface area (Å²) in [4.78, 5) is 2.35. The normalized spacial score (nSPS) is 17.5. The molecule has 0 bridgehead atoms. The summed E-state index contributed by atoms with van der Waals surface area (Å²) < 4.78 is 0. The second kappa shape index (κ2) is 5.28. The lowest BCUT2D eigenvalue weighted by Gasteiger charge is -2.34. The average Bonchev–Trinajstić information content (AvgIpc) is 2.28. The summed E-state index contributed by atoms with van der Waals surface area (Å²) >= 11 is 6.35. The molecule has 0 radical (unpaired) electrons. The standard InChI is InChI=1S/C14H20ClNO/c1-10-7-11(2)14(13(15)8-10)16-5-3-12(9-17)4-6-16/h7-8,12,17H,3-6,9H2,1-2H3. The van der Waals surface area contributed by atoms with Crippen molar-refractivity contribution >= 4 is 17.3 Å². The van der Waals surface area contributed by atoms with Crippen LogP contribution in [0.2, 0.25) is 5.02 Å². The second-order valence-corrected chi connectivity index (χ2v) is 5.43. The molecule has 1 aliphatic heterocycles. The van der Waals surface area contributed by atoms with E-state index >= 15 is 0 Å². The highest BCUT2D eigenvalue weighted by molar-refractivity contribution is 6.33. The van der Waals surface area contributed by atoms with Crippen molar-refractivity contribution in [3.63, 3.8) is 0 Å². The number of aryl methyl sites for hydroxylation is 2. The van der Waals surface area contributed by atoms with Gasteiger partial charge in [0, 0.05) is 19.7 Å². The molecular formula is C14H20ClNO. The van der Waals surface area contributed by atoms with Crippen LogP contribution in [0.15, 0.2) is 12.1 Å². The molecule has 1 aromatic rings. The number of nitrogens with zero attached hydrogens (tertiary/aromatic N) is 1. The molecule has 2 nitrogen and oxygen atoms in total. The third-order valence-corrected chi connectivity index (χ3v) is 3.88. The third kappa shape index (κ3) is 2.75. The fraction of sp³-hybridized carbons (Fsp3) is 0.571. The molecule has 17 heavy (non-hydrogen) atoms. The van der Waals surface area contributed by atoms with Gasteiger partial charge in [0.25, 0.3) is 0 Å². The Morgan fingerprint density at radius 3 is 2.47 bits per heavy atom. The van der Waals surface area contributed by atoms with Crippen molar-refractivity contribution in [3.8, 4) is 0 Å². The Morgan fingerprint density at radius 2 is 1.94 bits per heavy atom. The fourth-order valence-corrected chi connectivity index (χ4v) is 3.09. The minimum absolute atomic E-state index is 0.314. The Balaban J connectivity index is 2.18. The number of halogens is 1. The number of benzene rings is 1. The fourth-order valence-electron chi connectivity index (χ4n) is 2.65. The molecule has 94 valence electrons. The summed E-state index contributed by atoms with van der Waals surface area (Å²) in [5, 5.41) is 10.0. The summed E-state index contributed by atoms with van der Waals surface area (Å²) in [7, 11) is 0. The lowest BCUT2D eigenvalue weighted by molar-refractivity contribution is 0.203. The number of hydrogen-bond acceptors (Lipinski definition) is 2. The second-order valence-electron chi connectivity index (χ2n) is 5.03. The first-order chi connectivity index (χ1) is 8.11. The van der Waals surface area contributed by atoms with Gasteiger partial charge in [-0.2, -0.15) is 0 Å². The molecule has 3 heteroatoms. The molecule has 0 unspecified atom stereocenters. The lowest BCUT2D eigenvalue weighted by Crippen LogP contribution is -2.35. The van der Waals surface area contributed by atoms with E-state index in [9.17, 15) is 0 Å². The van der Waals surface area contributed by atoms with Gasteiger partial charge in [0.15, 0.2) is 0 Å². The van der Waals surface area contributed by atoms with Gasteiger partial charge in [0.05, 0.1) is 10.7 Å². The number of rotatable bonds is 2. The zero-order valence-electron chi connectivity index (χ0n) is 10.5. The van der Waals surface area contributed by atoms with Gasteiger partial charge in [-0.3, -0.25) is 0 Å². The molecule has 0 saturated carbocycles. The van der Waals surface area contributed by atoms with Crippen LogP contribution in [0, 0.1) is 19.8 Å². The summed E-state index contributed by atoms with van der Waals surface area (Å²) in [6.07, 6.45) is 2.11. The van der Waals surface area contributed by atoms with Gasteiger partial charge in [0.2, 0.25) is 0 Å².